The summed E-state index contributed by atoms with van der Waals surface area (Å²) in [5.74, 6) is -2.60. The SMILES string of the molecule is CC(C)n1ncc2c(N3CC[C@@H](NCCO)C3)c(NC(=O)c3ccc(=O)n(-c4c(F)cccc4F)n3)ccc21. The number of aliphatic hydroxyl groups excluding tert-OH is 1. The normalized spacial score (nSPS) is 15.4. The van der Waals surface area contributed by atoms with Gasteiger partial charge in [-0.1, -0.05) is 6.07 Å². The number of hydrogen-bond donors (Lipinski definition) is 3. The number of fused-ring (bicyclic) bond motifs is 1. The highest BCUT2D eigenvalue weighted by molar-refractivity contribution is 6.08. The lowest BCUT2D eigenvalue weighted by atomic mass is 10.1. The molecule has 0 aliphatic carbocycles. The fourth-order valence-electron chi connectivity index (χ4n) is 4.93. The van der Waals surface area contributed by atoms with E-state index in [0.717, 1.165) is 41.2 Å². The number of amides is 1. The third-order valence-corrected chi connectivity index (χ3v) is 6.72. The molecule has 0 saturated carbocycles. The minimum absolute atomic E-state index is 0.0421. The number of hydrogen-bond acceptors (Lipinski definition) is 7. The van der Waals surface area contributed by atoms with E-state index in [1.807, 2.05) is 24.6 Å². The number of halogens is 2. The molecule has 1 fully saturated rings. The van der Waals surface area contributed by atoms with Gasteiger partial charge < -0.3 is 20.6 Å². The van der Waals surface area contributed by atoms with Gasteiger partial charge in [0.15, 0.2) is 11.6 Å². The average molecular weight is 538 g/mol. The van der Waals surface area contributed by atoms with Gasteiger partial charge in [0.2, 0.25) is 0 Å². The van der Waals surface area contributed by atoms with E-state index in [0.29, 0.717) is 30.0 Å². The zero-order valence-electron chi connectivity index (χ0n) is 21.6. The molecule has 2 aromatic carbocycles. The van der Waals surface area contributed by atoms with Crippen molar-refractivity contribution in [3.63, 3.8) is 0 Å². The molecule has 4 aromatic rings. The zero-order valence-corrected chi connectivity index (χ0v) is 21.6. The van der Waals surface area contributed by atoms with E-state index >= 15 is 0 Å². The first-order valence-corrected chi connectivity index (χ1v) is 12.7. The first-order valence-electron chi connectivity index (χ1n) is 12.7. The summed E-state index contributed by atoms with van der Waals surface area (Å²) >= 11 is 0. The Morgan fingerprint density at radius 1 is 1.13 bits per heavy atom. The van der Waals surface area contributed by atoms with Gasteiger partial charge >= 0.3 is 0 Å². The van der Waals surface area contributed by atoms with Gasteiger partial charge in [-0.25, -0.2) is 8.78 Å². The Kier molecular flexibility index (Phi) is 7.40. The number of rotatable bonds is 8. The van der Waals surface area contributed by atoms with Gasteiger partial charge in [0.1, 0.15) is 11.4 Å². The Morgan fingerprint density at radius 2 is 1.90 bits per heavy atom. The Labute approximate surface area is 222 Å². The lowest BCUT2D eigenvalue weighted by Gasteiger charge is -2.24. The topological polar surface area (TPSA) is 117 Å². The van der Waals surface area contributed by atoms with E-state index in [-0.39, 0.29) is 24.4 Å². The maximum atomic E-state index is 14.4. The maximum Gasteiger partial charge on any atom is 0.276 e. The first-order chi connectivity index (χ1) is 18.8. The summed E-state index contributed by atoms with van der Waals surface area (Å²) in [4.78, 5) is 27.9. The van der Waals surface area contributed by atoms with Crippen molar-refractivity contribution in [2.45, 2.75) is 32.4 Å². The van der Waals surface area contributed by atoms with Crippen molar-refractivity contribution in [1.29, 1.82) is 0 Å². The molecule has 10 nitrogen and oxygen atoms in total. The highest BCUT2D eigenvalue weighted by Crippen LogP contribution is 2.37. The van der Waals surface area contributed by atoms with E-state index < -0.39 is 28.8 Å². The van der Waals surface area contributed by atoms with E-state index in [9.17, 15) is 23.5 Å². The summed E-state index contributed by atoms with van der Waals surface area (Å²) < 4.78 is 31.2. The Balaban J connectivity index is 1.52. The maximum absolute atomic E-state index is 14.4. The van der Waals surface area contributed by atoms with E-state index in [1.165, 1.54) is 12.1 Å². The highest BCUT2D eigenvalue weighted by Gasteiger charge is 2.27. The number of aromatic nitrogens is 4. The van der Waals surface area contributed by atoms with Gasteiger partial charge in [-0.15, -0.1) is 0 Å². The summed E-state index contributed by atoms with van der Waals surface area (Å²) in [5.41, 5.74) is 0.581. The van der Waals surface area contributed by atoms with Crippen LogP contribution in [0.2, 0.25) is 0 Å². The van der Waals surface area contributed by atoms with Crippen molar-refractivity contribution in [3.8, 4) is 5.69 Å². The van der Waals surface area contributed by atoms with Crippen LogP contribution in [0.5, 0.6) is 0 Å². The fourth-order valence-corrected chi connectivity index (χ4v) is 4.93. The molecule has 5 rings (SSSR count). The van der Waals surface area contributed by atoms with Crippen LogP contribution in [-0.2, 0) is 0 Å². The first kappa shape index (κ1) is 26.4. The van der Waals surface area contributed by atoms with E-state index in [1.54, 1.807) is 12.3 Å². The number of carbonyl (C=O) groups excluding carboxylic acids is 1. The molecule has 12 heteroatoms. The Hall–Kier alpha value is -4.16. The van der Waals surface area contributed by atoms with Gasteiger partial charge in [0, 0.05) is 43.2 Å². The van der Waals surface area contributed by atoms with Gasteiger partial charge in [-0.2, -0.15) is 14.9 Å². The molecule has 204 valence electrons. The summed E-state index contributed by atoms with van der Waals surface area (Å²) in [6.45, 7) is 5.97. The minimum Gasteiger partial charge on any atom is -0.395 e. The molecular weight excluding hydrogens is 508 g/mol. The van der Waals surface area contributed by atoms with Gasteiger partial charge in [0.05, 0.1) is 29.7 Å². The molecule has 0 bridgehead atoms. The fraction of sp³-hybridized carbons (Fsp3) is 0.333. The molecule has 1 saturated heterocycles. The average Bonchev–Trinajstić information content (AvgIpc) is 3.55. The van der Waals surface area contributed by atoms with Crippen LogP contribution in [-0.4, -0.2) is 62.9 Å². The van der Waals surface area contributed by atoms with Crippen LogP contribution in [0.1, 0.15) is 36.8 Å². The number of aliphatic hydroxyl groups is 1. The van der Waals surface area contributed by atoms with Crippen molar-refractivity contribution in [3.05, 3.63) is 76.3 Å². The van der Waals surface area contributed by atoms with Crippen LogP contribution >= 0.6 is 0 Å². The number of carbonyl (C=O) groups is 1. The zero-order chi connectivity index (χ0) is 27.7. The molecule has 2 aromatic heterocycles. The number of anilines is 2. The van der Waals surface area contributed by atoms with Crippen molar-refractivity contribution >= 4 is 28.2 Å². The van der Waals surface area contributed by atoms with Crippen LogP contribution in [0, 0.1) is 11.6 Å². The predicted octanol–water partition coefficient (Wildman–Crippen LogP) is 2.85. The monoisotopic (exact) mass is 537 g/mol. The summed E-state index contributed by atoms with van der Waals surface area (Å²) in [6, 6.07) is 9.41. The smallest absolute Gasteiger partial charge is 0.276 e. The standard InChI is InChI=1S/C27H29F2N7O3/c1-16(2)35-23-8-6-21(25(18(23)14-31-35)34-12-10-17(15-34)30-11-13-37)32-27(39)22-7-9-24(38)36(33-22)26-19(28)4-3-5-20(26)29/h3-9,14,16-17,30,37H,10-13,15H2,1-2H3,(H,32,39)/t17-/m1/s1. The van der Waals surface area contributed by atoms with Gasteiger partial charge in [-0.05, 0) is 50.6 Å². The van der Waals surface area contributed by atoms with Crippen molar-refractivity contribution < 1.29 is 18.7 Å². The lowest BCUT2D eigenvalue weighted by Crippen LogP contribution is -2.34. The minimum atomic E-state index is -0.976. The van der Waals surface area contributed by atoms with Gasteiger partial charge in [-0.3, -0.25) is 14.3 Å². The van der Waals surface area contributed by atoms with E-state index in [4.69, 9.17) is 0 Å². The second-order valence-electron chi connectivity index (χ2n) is 9.68. The Morgan fingerprint density at radius 3 is 2.62 bits per heavy atom. The van der Waals surface area contributed by atoms with Crippen molar-refractivity contribution in [1.82, 2.24) is 24.9 Å². The van der Waals surface area contributed by atoms with Crippen LogP contribution in [0.4, 0.5) is 20.2 Å². The molecule has 1 aliphatic rings. The molecule has 1 amide bonds. The van der Waals surface area contributed by atoms with Crippen LogP contribution in [0.3, 0.4) is 0 Å². The Bertz CT molecular complexity index is 1560. The number of nitrogens with zero attached hydrogens (tertiary/aromatic N) is 5. The molecule has 0 spiro atoms. The predicted molar refractivity (Wildman–Crippen MR) is 144 cm³/mol. The van der Waals surface area contributed by atoms with Crippen LogP contribution in [0.15, 0.2) is 53.5 Å². The second kappa shape index (κ2) is 10.9. The van der Waals surface area contributed by atoms with Crippen LogP contribution in [0.25, 0.3) is 16.6 Å². The third kappa shape index (κ3) is 5.12. The molecule has 0 unspecified atom stereocenters. The molecular formula is C27H29F2N7O3. The number of nitrogens with one attached hydrogen (secondary N) is 2. The van der Waals surface area contributed by atoms with Crippen molar-refractivity contribution in [2.75, 3.05) is 36.5 Å². The molecule has 1 atom stereocenters. The van der Waals surface area contributed by atoms with Crippen molar-refractivity contribution in [2.24, 2.45) is 0 Å². The summed E-state index contributed by atoms with van der Waals surface area (Å²) in [6.07, 6.45) is 2.62. The van der Waals surface area contributed by atoms with E-state index in [2.05, 4.69) is 25.7 Å². The molecule has 0 radical (unpaired) electrons. The van der Waals surface area contributed by atoms with Crippen LogP contribution < -0.4 is 21.1 Å². The highest BCUT2D eigenvalue weighted by atomic mass is 19.1. The lowest BCUT2D eigenvalue weighted by molar-refractivity contribution is 0.102. The quantitative estimate of drug-likeness (QED) is 0.316. The van der Waals surface area contributed by atoms with Gasteiger partial charge in [0.25, 0.3) is 11.5 Å². The summed E-state index contributed by atoms with van der Waals surface area (Å²) in [5, 5.41) is 24.8. The third-order valence-electron chi connectivity index (χ3n) is 6.72. The molecule has 1 aliphatic heterocycles. The molecule has 3 N–H and O–H groups in total. The molecule has 3 heterocycles. The number of para-hydroxylation sites is 1. The number of benzene rings is 2. The molecule has 39 heavy (non-hydrogen) atoms. The second-order valence-corrected chi connectivity index (χ2v) is 9.68. The largest absolute Gasteiger partial charge is 0.395 e. The summed E-state index contributed by atoms with van der Waals surface area (Å²) in [7, 11) is 0.